The van der Waals surface area contributed by atoms with Gasteiger partial charge in [-0.25, -0.2) is 4.39 Å². The van der Waals surface area contributed by atoms with E-state index >= 15 is 0 Å². The van der Waals surface area contributed by atoms with E-state index in [0.717, 1.165) is 5.56 Å². The molecular weight excluding hydrogens is 209 g/mol. The topological polar surface area (TPSA) is 49.3 Å². The summed E-state index contributed by atoms with van der Waals surface area (Å²) < 4.78 is 13.0. The summed E-state index contributed by atoms with van der Waals surface area (Å²) in [6, 6.07) is 6.36. The fourth-order valence-corrected chi connectivity index (χ4v) is 1.49. The predicted octanol–water partition coefficient (Wildman–Crippen LogP) is 1.78. The highest BCUT2D eigenvalue weighted by Gasteiger charge is 2.20. The lowest BCUT2D eigenvalue weighted by Crippen LogP contribution is -2.35. The van der Waals surface area contributed by atoms with Gasteiger partial charge in [0.25, 0.3) is 0 Å². The molecule has 0 aliphatic heterocycles. The Morgan fingerprint density at radius 1 is 1.50 bits per heavy atom. The van der Waals surface area contributed by atoms with Gasteiger partial charge in [-0.05, 0) is 17.7 Å². The van der Waals surface area contributed by atoms with E-state index in [1.165, 1.54) is 12.1 Å². The number of halogens is 1. The lowest BCUT2D eigenvalue weighted by atomic mass is 9.84. The molecule has 0 aromatic heterocycles. The van der Waals surface area contributed by atoms with Crippen molar-refractivity contribution in [3.05, 3.63) is 35.6 Å². The molecule has 2 N–H and O–H groups in total. The average molecular weight is 225 g/mol. The smallest absolute Gasteiger partial charge is 0.317 e. The Bertz CT molecular complexity index is 377. The fraction of sp³-hybridized carbons (Fsp3) is 0.417. The van der Waals surface area contributed by atoms with Crippen molar-refractivity contribution in [3.8, 4) is 0 Å². The van der Waals surface area contributed by atoms with E-state index in [1.807, 2.05) is 19.9 Å². The Balaban J connectivity index is 2.66. The molecule has 0 aliphatic carbocycles. The third kappa shape index (κ3) is 3.62. The zero-order valence-corrected chi connectivity index (χ0v) is 9.46. The molecule has 0 heterocycles. The van der Waals surface area contributed by atoms with Crippen molar-refractivity contribution in [1.82, 2.24) is 5.32 Å². The number of aliphatic carboxylic acids is 1. The van der Waals surface area contributed by atoms with Crippen LogP contribution >= 0.6 is 0 Å². The van der Waals surface area contributed by atoms with Gasteiger partial charge in [-0.3, -0.25) is 4.79 Å². The minimum absolute atomic E-state index is 0.0846. The maximum Gasteiger partial charge on any atom is 0.317 e. The highest BCUT2D eigenvalue weighted by Crippen LogP contribution is 2.22. The number of benzene rings is 1. The molecule has 1 rings (SSSR count). The second-order valence-corrected chi connectivity index (χ2v) is 4.39. The molecule has 0 unspecified atom stereocenters. The van der Waals surface area contributed by atoms with Gasteiger partial charge in [0.05, 0.1) is 6.54 Å². The van der Waals surface area contributed by atoms with Gasteiger partial charge in [-0.1, -0.05) is 26.0 Å². The molecule has 1 aromatic rings. The Hall–Kier alpha value is -1.42. The highest BCUT2D eigenvalue weighted by atomic mass is 19.1. The summed E-state index contributed by atoms with van der Waals surface area (Å²) in [5, 5.41) is 11.3. The maximum absolute atomic E-state index is 13.0. The monoisotopic (exact) mass is 225 g/mol. The van der Waals surface area contributed by atoms with Crippen LogP contribution in [0.2, 0.25) is 0 Å². The van der Waals surface area contributed by atoms with Crippen molar-refractivity contribution in [1.29, 1.82) is 0 Å². The lowest BCUT2D eigenvalue weighted by molar-refractivity contribution is -0.136. The van der Waals surface area contributed by atoms with Crippen molar-refractivity contribution in [2.24, 2.45) is 0 Å². The first-order valence-electron chi connectivity index (χ1n) is 5.10. The van der Waals surface area contributed by atoms with E-state index in [2.05, 4.69) is 5.32 Å². The quantitative estimate of drug-likeness (QED) is 0.803. The van der Waals surface area contributed by atoms with Crippen LogP contribution in [-0.2, 0) is 10.2 Å². The van der Waals surface area contributed by atoms with Gasteiger partial charge in [0.2, 0.25) is 0 Å². The van der Waals surface area contributed by atoms with Gasteiger partial charge in [0.15, 0.2) is 0 Å². The van der Waals surface area contributed by atoms with E-state index in [-0.39, 0.29) is 17.8 Å². The van der Waals surface area contributed by atoms with Crippen LogP contribution in [0, 0.1) is 5.82 Å². The first-order chi connectivity index (χ1) is 7.42. The van der Waals surface area contributed by atoms with Crippen molar-refractivity contribution in [2.45, 2.75) is 19.3 Å². The van der Waals surface area contributed by atoms with Crippen LogP contribution in [0.5, 0.6) is 0 Å². The number of hydrogen-bond acceptors (Lipinski definition) is 2. The molecular formula is C12H16FNO2. The fourth-order valence-electron chi connectivity index (χ4n) is 1.49. The summed E-state index contributed by atoms with van der Waals surface area (Å²) in [7, 11) is 0. The van der Waals surface area contributed by atoms with Crippen LogP contribution in [0.3, 0.4) is 0 Å². The van der Waals surface area contributed by atoms with E-state index in [9.17, 15) is 9.18 Å². The molecule has 0 radical (unpaired) electrons. The molecule has 0 amide bonds. The molecule has 4 heteroatoms. The van der Waals surface area contributed by atoms with Crippen LogP contribution in [0.25, 0.3) is 0 Å². The van der Waals surface area contributed by atoms with Gasteiger partial charge in [-0.15, -0.1) is 0 Å². The van der Waals surface area contributed by atoms with Crippen molar-refractivity contribution in [2.75, 3.05) is 13.1 Å². The third-order valence-electron chi connectivity index (χ3n) is 2.45. The summed E-state index contributed by atoms with van der Waals surface area (Å²) in [5.41, 5.74) is 0.558. The average Bonchev–Trinajstić information content (AvgIpc) is 2.16. The second kappa shape index (κ2) is 5.07. The van der Waals surface area contributed by atoms with Crippen LogP contribution in [0.1, 0.15) is 19.4 Å². The Morgan fingerprint density at radius 2 is 2.19 bits per heavy atom. The minimum Gasteiger partial charge on any atom is -0.480 e. The molecule has 0 saturated carbocycles. The molecule has 0 bridgehead atoms. The zero-order chi connectivity index (χ0) is 12.2. The van der Waals surface area contributed by atoms with Gasteiger partial charge >= 0.3 is 5.97 Å². The molecule has 88 valence electrons. The summed E-state index contributed by atoms with van der Waals surface area (Å²) in [4.78, 5) is 10.4. The molecule has 0 fully saturated rings. The molecule has 3 nitrogen and oxygen atoms in total. The zero-order valence-electron chi connectivity index (χ0n) is 9.46. The first-order valence-corrected chi connectivity index (χ1v) is 5.10. The summed E-state index contributed by atoms with van der Waals surface area (Å²) in [6.07, 6.45) is 0. The molecule has 0 atom stereocenters. The number of nitrogens with one attached hydrogen (secondary N) is 1. The van der Waals surface area contributed by atoms with Crippen LogP contribution in [0.4, 0.5) is 4.39 Å². The van der Waals surface area contributed by atoms with Crippen LogP contribution < -0.4 is 5.32 Å². The number of carbonyl (C=O) groups is 1. The number of carboxylic acids is 1. The Kier molecular flexibility index (Phi) is 4.01. The van der Waals surface area contributed by atoms with Gasteiger partial charge in [-0.2, -0.15) is 0 Å². The number of hydrogen-bond donors (Lipinski definition) is 2. The Morgan fingerprint density at radius 3 is 2.75 bits per heavy atom. The summed E-state index contributed by atoms with van der Waals surface area (Å²) in [5.74, 6) is -1.17. The van der Waals surface area contributed by atoms with E-state index < -0.39 is 5.97 Å². The maximum atomic E-state index is 13.0. The Labute approximate surface area is 94.3 Å². The summed E-state index contributed by atoms with van der Waals surface area (Å²) in [6.45, 7) is 4.29. The van der Waals surface area contributed by atoms with Gasteiger partial charge < -0.3 is 10.4 Å². The number of carboxylic acid groups (broad SMARTS) is 1. The van der Waals surface area contributed by atoms with Crippen molar-refractivity contribution in [3.63, 3.8) is 0 Å². The molecule has 1 aromatic carbocycles. The minimum atomic E-state index is -0.893. The largest absolute Gasteiger partial charge is 0.480 e. The van der Waals surface area contributed by atoms with Crippen molar-refractivity contribution >= 4 is 5.97 Å². The van der Waals surface area contributed by atoms with Gasteiger partial charge in [0.1, 0.15) is 5.82 Å². The van der Waals surface area contributed by atoms with E-state index in [1.54, 1.807) is 6.07 Å². The standard InChI is InChI=1S/C12H16FNO2/c1-12(2,8-14-7-11(15)16)9-4-3-5-10(13)6-9/h3-6,14H,7-8H2,1-2H3,(H,15,16). The van der Waals surface area contributed by atoms with Crippen LogP contribution in [-0.4, -0.2) is 24.2 Å². The molecule has 16 heavy (non-hydrogen) atoms. The first kappa shape index (κ1) is 12.6. The third-order valence-corrected chi connectivity index (χ3v) is 2.45. The van der Waals surface area contributed by atoms with E-state index in [4.69, 9.17) is 5.11 Å². The molecule has 0 aliphatic rings. The normalized spacial score (nSPS) is 11.4. The predicted molar refractivity (Wildman–Crippen MR) is 59.9 cm³/mol. The molecule has 0 saturated heterocycles. The number of rotatable bonds is 5. The highest BCUT2D eigenvalue weighted by molar-refractivity contribution is 5.69. The lowest BCUT2D eigenvalue weighted by Gasteiger charge is -2.25. The van der Waals surface area contributed by atoms with Gasteiger partial charge in [0, 0.05) is 12.0 Å². The summed E-state index contributed by atoms with van der Waals surface area (Å²) >= 11 is 0. The van der Waals surface area contributed by atoms with E-state index in [0.29, 0.717) is 6.54 Å². The van der Waals surface area contributed by atoms with Crippen LogP contribution in [0.15, 0.2) is 24.3 Å². The second-order valence-electron chi connectivity index (χ2n) is 4.39. The molecule has 0 spiro atoms. The van der Waals surface area contributed by atoms with Crippen molar-refractivity contribution < 1.29 is 14.3 Å². The SMILES string of the molecule is CC(C)(CNCC(=O)O)c1cccc(F)c1.